The number of rotatable bonds is 4. The number of nitrogens with zero attached hydrogens (tertiary/aromatic N) is 1. The minimum Gasteiger partial charge on any atom is -0.383 e. The van der Waals surface area contributed by atoms with E-state index in [0.29, 0.717) is 11.7 Å². The number of aryl methyl sites for hydroxylation is 1. The molecule has 1 aromatic heterocycles. The van der Waals surface area contributed by atoms with Crippen LogP contribution < -0.4 is 5.73 Å². The summed E-state index contributed by atoms with van der Waals surface area (Å²) in [5.74, 6) is 1.13. The molecule has 1 unspecified atom stereocenters. The molecule has 14 heavy (non-hydrogen) atoms. The van der Waals surface area contributed by atoms with Gasteiger partial charge in [0.05, 0.1) is 0 Å². The predicted octanol–water partition coefficient (Wildman–Crippen LogP) is 2.86. The zero-order valence-corrected chi connectivity index (χ0v) is 9.46. The molecule has 0 bridgehead atoms. The van der Waals surface area contributed by atoms with Crippen LogP contribution in [0.5, 0.6) is 0 Å². The molecule has 0 saturated carbocycles. The Morgan fingerprint density at radius 3 is 2.79 bits per heavy atom. The highest BCUT2D eigenvalue weighted by atomic mass is 35.5. The molecule has 0 amide bonds. The van der Waals surface area contributed by atoms with E-state index in [-0.39, 0.29) is 5.38 Å². The number of nitrogens with two attached hydrogens (primary N) is 1. The molecule has 0 aliphatic carbocycles. The van der Waals surface area contributed by atoms with Gasteiger partial charge in [-0.2, -0.15) is 0 Å². The second kappa shape index (κ2) is 5.20. The second-order valence-corrected chi connectivity index (χ2v) is 4.41. The molecule has 0 aliphatic heterocycles. The number of pyridine rings is 1. The van der Waals surface area contributed by atoms with Gasteiger partial charge in [0.25, 0.3) is 0 Å². The molecule has 1 rings (SSSR count). The number of alkyl halides is 1. The van der Waals surface area contributed by atoms with Crippen LogP contribution in [0.25, 0.3) is 0 Å². The molecule has 1 aromatic rings. The van der Waals surface area contributed by atoms with Gasteiger partial charge in [0.15, 0.2) is 0 Å². The van der Waals surface area contributed by atoms with Gasteiger partial charge < -0.3 is 5.73 Å². The molecule has 0 aromatic carbocycles. The summed E-state index contributed by atoms with van der Waals surface area (Å²) < 4.78 is 0. The average molecular weight is 213 g/mol. The van der Waals surface area contributed by atoms with Gasteiger partial charge in [0.2, 0.25) is 0 Å². The number of nitrogen functional groups attached to an aromatic ring is 1. The highest BCUT2D eigenvalue weighted by molar-refractivity contribution is 6.20. The van der Waals surface area contributed by atoms with Crippen molar-refractivity contribution in [3.05, 3.63) is 23.9 Å². The lowest BCUT2D eigenvalue weighted by Crippen LogP contribution is -2.09. The van der Waals surface area contributed by atoms with Crippen LogP contribution in [0.3, 0.4) is 0 Å². The molecule has 0 saturated heterocycles. The monoisotopic (exact) mass is 212 g/mol. The maximum atomic E-state index is 6.16. The fourth-order valence-corrected chi connectivity index (χ4v) is 1.40. The van der Waals surface area contributed by atoms with Crippen molar-refractivity contribution in [2.45, 2.75) is 32.1 Å². The van der Waals surface area contributed by atoms with Crippen molar-refractivity contribution in [2.75, 3.05) is 5.73 Å². The fourth-order valence-electron chi connectivity index (χ4n) is 1.29. The minimum atomic E-state index is 0.217. The van der Waals surface area contributed by atoms with Gasteiger partial charge >= 0.3 is 0 Å². The largest absolute Gasteiger partial charge is 0.383 e. The van der Waals surface area contributed by atoms with E-state index < -0.39 is 0 Å². The first kappa shape index (κ1) is 11.3. The molecule has 1 atom stereocenters. The number of halogens is 1. The Kier molecular flexibility index (Phi) is 4.21. The smallest absolute Gasteiger partial charge is 0.126 e. The van der Waals surface area contributed by atoms with E-state index in [1.54, 1.807) is 6.20 Å². The van der Waals surface area contributed by atoms with Crippen molar-refractivity contribution in [2.24, 2.45) is 5.92 Å². The van der Waals surface area contributed by atoms with Gasteiger partial charge in [-0.1, -0.05) is 19.9 Å². The molecule has 1 heterocycles. The lowest BCUT2D eigenvalue weighted by Gasteiger charge is -2.13. The van der Waals surface area contributed by atoms with E-state index >= 15 is 0 Å². The quantitative estimate of drug-likeness (QED) is 0.780. The zero-order valence-electron chi connectivity index (χ0n) is 8.70. The molecule has 78 valence electrons. The van der Waals surface area contributed by atoms with Crippen molar-refractivity contribution in [1.82, 2.24) is 4.98 Å². The number of hydrogen-bond donors (Lipinski definition) is 1. The highest BCUT2D eigenvalue weighted by Crippen LogP contribution is 2.18. The summed E-state index contributed by atoms with van der Waals surface area (Å²) in [5, 5.41) is 0.217. The van der Waals surface area contributed by atoms with Crippen LogP contribution in [0.4, 0.5) is 5.82 Å². The number of aromatic nitrogens is 1. The van der Waals surface area contributed by atoms with E-state index in [9.17, 15) is 0 Å². The lowest BCUT2D eigenvalue weighted by atomic mass is 10.0. The predicted molar refractivity (Wildman–Crippen MR) is 61.4 cm³/mol. The first-order chi connectivity index (χ1) is 6.61. The summed E-state index contributed by atoms with van der Waals surface area (Å²) in [7, 11) is 0. The molecule has 0 aliphatic rings. The van der Waals surface area contributed by atoms with E-state index in [1.165, 1.54) is 0 Å². The first-order valence-corrected chi connectivity index (χ1v) is 5.38. The van der Waals surface area contributed by atoms with Crippen molar-refractivity contribution < 1.29 is 0 Å². The van der Waals surface area contributed by atoms with Gasteiger partial charge in [-0.15, -0.1) is 11.6 Å². The Hall–Kier alpha value is -0.760. The van der Waals surface area contributed by atoms with E-state index in [0.717, 1.165) is 18.4 Å². The van der Waals surface area contributed by atoms with Gasteiger partial charge in [-0.05, 0) is 30.4 Å². The molecule has 3 heteroatoms. The molecule has 0 radical (unpaired) electrons. The van der Waals surface area contributed by atoms with Crippen molar-refractivity contribution in [3.63, 3.8) is 0 Å². The maximum absolute atomic E-state index is 6.16. The van der Waals surface area contributed by atoms with Crippen LogP contribution in [-0.2, 0) is 6.42 Å². The Labute approximate surface area is 90.5 Å². The first-order valence-electron chi connectivity index (χ1n) is 4.94. The second-order valence-electron chi connectivity index (χ2n) is 3.85. The Morgan fingerprint density at radius 2 is 2.21 bits per heavy atom. The van der Waals surface area contributed by atoms with Crippen molar-refractivity contribution in [1.29, 1.82) is 0 Å². The third-order valence-corrected chi connectivity index (χ3v) is 3.06. The van der Waals surface area contributed by atoms with E-state index in [2.05, 4.69) is 18.8 Å². The molecule has 0 fully saturated rings. The molecular formula is C11H17ClN2. The van der Waals surface area contributed by atoms with E-state index in [1.807, 2.05) is 12.1 Å². The summed E-state index contributed by atoms with van der Waals surface area (Å²) in [5.41, 5.74) is 6.82. The Balaban J connectivity index is 2.50. The van der Waals surface area contributed by atoms with Crippen LogP contribution in [0.2, 0.25) is 0 Å². The van der Waals surface area contributed by atoms with Crippen LogP contribution in [0, 0.1) is 5.92 Å². The molecule has 2 N–H and O–H groups in total. The lowest BCUT2D eigenvalue weighted by molar-refractivity contribution is 0.565. The van der Waals surface area contributed by atoms with Crippen LogP contribution >= 0.6 is 11.6 Å². The Bertz CT molecular complexity index is 286. The fraction of sp³-hybridized carbons (Fsp3) is 0.545. The number of anilines is 1. The van der Waals surface area contributed by atoms with Gasteiger partial charge in [-0.25, -0.2) is 4.98 Å². The zero-order chi connectivity index (χ0) is 10.6. The topological polar surface area (TPSA) is 38.9 Å². The van der Waals surface area contributed by atoms with Gasteiger partial charge in [0.1, 0.15) is 5.82 Å². The molecule has 2 nitrogen and oxygen atoms in total. The number of hydrogen-bond acceptors (Lipinski definition) is 2. The normalized spacial score (nSPS) is 13.1. The SMILES string of the molecule is CC(C)C(Cl)CCc1cccnc1N. The average Bonchev–Trinajstić information content (AvgIpc) is 2.16. The van der Waals surface area contributed by atoms with Gasteiger partial charge in [0, 0.05) is 11.6 Å². The molecule has 0 spiro atoms. The minimum absolute atomic E-state index is 0.217. The van der Waals surface area contributed by atoms with Crippen LogP contribution in [-0.4, -0.2) is 10.4 Å². The summed E-state index contributed by atoms with van der Waals surface area (Å²) >= 11 is 6.16. The van der Waals surface area contributed by atoms with Crippen LogP contribution in [0.1, 0.15) is 25.8 Å². The molecular weight excluding hydrogens is 196 g/mol. The Morgan fingerprint density at radius 1 is 1.50 bits per heavy atom. The van der Waals surface area contributed by atoms with Crippen molar-refractivity contribution >= 4 is 17.4 Å². The van der Waals surface area contributed by atoms with E-state index in [4.69, 9.17) is 17.3 Å². The maximum Gasteiger partial charge on any atom is 0.126 e. The summed E-state index contributed by atoms with van der Waals surface area (Å²) in [4.78, 5) is 4.04. The third-order valence-electron chi connectivity index (χ3n) is 2.34. The van der Waals surface area contributed by atoms with Crippen LogP contribution in [0.15, 0.2) is 18.3 Å². The van der Waals surface area contributed by atoms with Crippen molar-refractivity contribution in [3.8, 4) is 0 Å². The highest BCUT2D eigenvalue weighted by Gasteiger charge is 2.10. The summed E-state index contributed by atoms with van der Waals surface area (Å²) in [6, 6.07) is 3.91. The van der Waals surface area contributed by atoms with Gasteiger partial charge in [-0.3, -0.25) is 0 Å². The summed E-state index contributed by atoms with van der Waals surface area (Å²) in [6.07, 6.45) is 3.57. The third kappa shape index (κ3) is 3.18. The standard InChI is InChI=1S/C11H17ClN2/c1-8(2)10(12)6-5-9-4-3-7-14-11(9)13/h3-4,7-8,10H,5-6H2,1-2H3,(H2,13,14). The summed E-state index contributed by atoms with van der Waals surface area (Å²) in [6.45, 7) is 4.26.